The summed E-state index contributed by atoms with van der Waals surface area (Å²) in [5.41, 5.74) is 0. The zero-order valence-electron chi connectivity index (χ0n) is 9.41. The average molecular weight is 219 g/mol. The van der Waals surface area contributed by atoms with Gasteiger partial charge in [0.25, 0.3) is 5.24 Å². The van der Waals surface area contributed by atoms with Crippen molar-refractivity contribution < 1.29 is 9.90 Å². The Morgan fingerprint density at radius 3 is 2.29 bits per heavy atom. The number of hydrogen-bond acceptors (Lipinski definition) is 3. The van der Waals surface area contributed by atoms with Crippen molar-refractivity contribution in [1.29, 1.82) is 0 Å². The van der Waals surface area contributed by atoms with E-state index in [1.807, 2.05) is 13.8 Å². The number of thioether (sulfide) groups is 1. The van der Waals surface area contributed by atoms with Gasteiger partial charge in [0.15, 0.2) is 0 Å². The number of aliphatic hydroxyl groups is 1. The molecule has 14 heavy (non-hydrogen) atoms. The number of carbonyl (C=O) groups excluding carboxylic acids is 1. The summed E-state index contributed by atoms with van der Waals surface area (Å²) in [7, 11) is 0. The van der Waals surface area contributed by atoms with Gasteiger partial charge in [-0.05, 0) is 12.3 Å². The van der Waals surface area contributed by atoms with Crippen molar-refractivity contribution in [2.75, 3.05) is 6.61 Å². The molecule has 0 radical (unpaired) electrons. The molecule has 1 atom stereocenters. The third-order valence-corrected chi connectivity index (χ3v) is 2.44. The van der Waals surface area contributed by atoms with Gasteiger partial charge in [0.1, 0.15) is 0 Å². The van der Waals surface area contributed by atoms with E-state index in [-0.39, 0.29) is 23.1 Å². The van der Waals surface area contributed by atoms with Crippen LogP contribution in [-0.2, 0) is 0 Å². The summed E-state index contributed by atoms with van der Waals surface area (Å²) in [4.78, 5) is 11.3. The van der Waals surface area contributed by atoms with Crippen LogP contribution in [0, 0.1) is 5.92 Å². The summed E-state index contributed by atoms with van der Waals surface area (Å²) in [6.07, 6.45) is 0.820. The molecule has 0 spiro atoms. The van der Waals surface area contributed by atoms with Crippen LogP contribution in [0.3, 0.4) is 0 Å². The SMILES string of the molecule is CC(C)C[C@@H](CO)NC(=O)SC(C)C. The molecule has 2 N–H and O–H groups in total. The summed E-state index contributed by atoms with van der Waals surface area (Å²) in [5, 5.41) is 12.1. The second-order valence-corrected chi connectivity index (χ2v) is 5.66. The Morgan fingerprint density at radius 2 is 1.93 bits per heavy atom. The molecule has 0 aliphatic heterocycles. The molecule has 1 amide bonds. The van der Waals surface area contributed by atoms with Crippen LogP contribution < -0.4 is 5.32 Å². The van der Waals surface area contributed by atoms with Crippen LogP contribution in [0.2, 0.25) is 0 Å². The van der Waals surface area contributed by atoms with Gasteiger partial charge >= 0.3 is 0 Å². The smallest absolute Gasteiger partial charge is 0.279 e. The first-order valence-electron chi connectivity index (χ1n) is 5.03. The molecule has 0 bridgehead atoms. The van der Waals surface area contributed by atoms with Crippen molar-refractivity contribution in [3.05, 3.63) is 0 Å². The largest absolute Gasteiger partial charge is 0.394 e. The molecule has 4 heteroatoms. The monoisotopic (exact) mass is 219 g/mol. The van der Waals surface area contributed by atoms with Gasteiger partial charge in [-0.1, -0.05) is 39.5 Å². The maximum Gasteiger partial charge on any atom is 0.279 e. The standard InChI is InChI=1S/C10H21NO2S/c1-7(2)5-9(6-12)11-10(13)14-8(3)4/h7-9,12H,5-6H2,1-4H3,(H,11,13)/t9-/m0/s1. The first-order chi connectivity index (χ1) is 6.45. The van der Waals surface area contributed by atoms with Gasteiger partial charge in [0, 0.05) is 5.25 Å². The lowest BCUT2D eigenvalue weighted by atomic mass is 10.1. The van der Waals surface area contributed by atoms with Crippen molar-refractivity contribution in [2.45, 2.75) is 45.4 Å². The number of amides is 1. The van der Waals surface area contributed by atoms with E-state index in [0.29, 0.717) is 5.92 Å². The fraction of sp³-hybridized carbons (Fsp3) is 0.900. The first-order valence-corrected chi connectivity index (χ1v) is 5.91. The predicted molar refractivity (Wildman–Crippen MR) is 61.6 cm³/mol. The Hall–Kier alpha value is -0.220. The third kappa shape index (κ3) is 7.21. The van der Waals surface area contributed by atoms with Crippen molar-refractivity contribution in [3.8, 4) is 0 Å². The summed E-state index contributed by atoms with van der Waals surface area (Å²) >= 11 is 1.26. The zero-order chi connectivity index (χ0) is 11.1. The molecule has 0 aromatic heterocycles. The fourth-order valence-electron chi connectivity index (χ4n) is 1.16. The van der Waals surface area contributed by atoms with E-state index in [1.54, 1.807) is 0 Å². The van der Waals surface area contributed by atoms with E-state index >= 15 is 0 Å². The lowest BCUT2D eigenvalue weighted by Crippen LogP contribution is -2.36. The molecule has 84 valence electrons. The van der Waals surface area contributed by atoms with Crippen LogP contribution in [-0.4, -0.2) is 28.2 Å². The molecule has 0 saturated heterocycles. The number of aliphatic hydroxyl groups excluding tert-OH is 1. The van der Waals surface area contributed by atoms with Crippen molar-refractivity contribution in [2.24, 2.45) is 5.92 Å². The van der Waals surface area contributed by atoms with Crippen molar-refractivity contribution in [3.63, 3.8) is 0 Å². The van der Waals surface area contributed by atoms with E-state index in [1.165, 1.54) is 11.8 Å². The Morgan fingerprint density at radius 1 is 1.36 bits per heavy atom. The minimum absolute atomic E-state index is 0.0164. The van der Waals surface area contributed by atoms with E-state index in [0.717, 1.165) is 6.42 Å². The molecule has 0 heterocycles. The quantitative estimate of drug-likeness (QED) is 0.745. The minimum Gasteiger partial charge on any atom is -0.394 e. The normalized spacial score (nSPS) is 13.4. The molecular weight excluding hydrogens is 198 g/mol. The summed E-state index contributed by atoms with van der Waals surface area (Å²) in [6.45, 7) is 8.11. The number of carbonyl (C=O) groups is 1. The molecule has 0 saturated carbocycles. The van der Waals surface area contributed by atoms with Crippen LogP contribution in [0.5, 0.6) is 0 Å². The highest BCUT2D eigenvalue weighted by atomic mass is 32.2. The van der Waals surface area contributed by atoms with E-state index < -0.39 is 0 Å². The molecule has 0 rings (SSSR count). The third-order valence-electron chi connectivity index (χ3n) is 1.64. The van der Waals surface area contributed by atoms with Gasteiger partial charge in [-0.3, -0.25) is 4.79 Å². The first kappa shape index (κ1) is 13.8. The number of rotatable bonds is 5. The van der Waals surface area contributed by atoms with Crippen LogP contribution in [0.4, 0.5) is 4.79 Å². The molecule has 0 unspecified atom stereocenters. The zero-order valence-corrected chi connectivity index (χ0v) is 10.2. The van der Waals surface area contributed by atoms with Gasteiger partial charge in [0.2, 0.25) is 0 Å². The maximum atomic E-state index is 11.3. The topological polar surface area (TPSA) is 49.3 Å². The molecule has 0 aliphatic rings. The number of hydrogen-bond donors (Lipinski definition) is 2. The number of nitrogens with one attached hydrogen (secondary N) is 1. The maximum absolute atomic E-state index is 11.3. The Kier molecular flexibility index (Phi) is 7.01. The van der Waals surface area contributed by atoms with Crippen LogP contribution in [0.15, 0.2) is 0 Å². The molecule has 3 nitrogen and oxygen atoms in total. The second-order valence-electron chi connectivity index (χ2n) is 4.11. The predicted octanol–water partition coefficient (Wildman–Crippen LogP) is 2.24. The summed E-state index contributed by atoms with van der Waals surface area (Å²) < 4.78 is 0. The van der Waals surface area contributed by atoms with E-state index in [9.17, 15) is 4.79 Å². The lowest BCUT2D eigenvalue weighted by molar-refractivity contribution is 0.219. The Labute approximate surface area is 90.7 Å². The highest BCUT2D eigenvalue weighted by molar-refractivity contribution is 8.14. The van der Waals surface area contributed by atoms with E-state index in [2.05, 4.69) is 19.2 Å². The average Bonchev–Trinajstić information content (AvgIpc) is 2.00. The molecule has 0 aromatic carbocycles. The van der Waals surface area contributed by atoms with Crippen molar-refractivity contribution in [1.82, 2.24) is 5.32 Å². The molecule has 0 aliphatic carbocycles. The van der Waals surface area contributed by atoms with Gasteiger partial charge < -0.3 is 10.4 Å². The lowest BCUT2D eigenvalue weighted by Gasteiger charge is -2.18. The summed E-state index contributed by atoms with van der Waals surface area (Å²) in [5.74, 6) is 0.483. The van der Waals surface area contributed by atoms with Crippen LogP contribution >= 0.6 is 11.8 Å². The highest BCUT2D eigenvalue weighted by Gasteiger charge is 2.13. The van der Waals surface area contributed by atoms with E-state index in [4.69, 9.17) is 5.11 Å². The Balaban J connectivity index is 3.86. The summed E-state index contributed by atoms with van der Waals surface area (Å²) in [6, 6.07) is -0.103. The van der Waals surface area contributed by atoms with Gasteiger partial charge in [-0.15, -0.1) is 0 Å². The molecular formula is C10H21NO2S. The molecule has 0 aromatic rings. The van der Waals surface area contributed by atoms with Crippen LogP contribution in [0.1, 0.15) is 34.1 Å². The fourth-order valence-corrected chi connectivity index (χ4v) is 1.83. The molecule has 0 fully saturated rings. The van der Waals surface area contributed by atoms with Crippen LogP contribution in [0.25, 0.3) is 0 Å². The van der Waals surface area contributed by atoms with Gasteiger partial charge in [0.05, 0.1) is 12.6 Å². The Bertz CT molecular complexity index is 172. The highest BCUT2D eigenvalue weighted by Crippen LogP contribution is 2.12. The van der Waals surface area contributed by atoms with Crippen molar-refractivity contribution >= 4 is 17.0 Å². The van der Waals surface area contributed by atoms with Gasteiger partial charge in [-0.25, -0.2) is 0 Å². The van der Waals surface area contributed by atoms with Gasteiger partial charge in [-0.2, -0.15) is 0 Å². The second kappa shape index (κ2) is 7.12. The minimum atomic E-state index is -0.103.